The van der Waals surface area contributed by atoms with E-state index in [1.807, 2.05) is 14.0 Å². The van der Waals surface area contributed by atoms with Crippen molar-refractivity contribution in [3.05, 3.63) is 41.0 Å². The summed E-state index contributed by atoms with van der Waals surface area (Å²) >= 11 is 0. The van der Waals surface area contributed by atoms with Crippen molar-refractivity contribution in [2.24, 2.45) is 11.8 Å². The number of piperazine rings is 1. The van der Waals surface area contributed by atoms with E-state index in [1.165, 1.54) is 24.0 Å². The molecule has 49 heavy (non-hydrogen) atoms. The summed E-state index contributed by atoms with van der Waals surface area (Å²) in [6, 6.07) is 1.52. The summed E-state index contributed by atoms with van der Waals surface area (Å²) in [5.74, 6) is -8.53. The number of amides is 4. The summed E-state index contributed by atoms with van der Waals surface area (Å²) in [6.07, 6.45) is 2.74. The van der Waals surface area contributed by atoms with Crippen LogP contribution in [-0.2, 0) is 20.8 Å². The molecule has 1 saturated heterocycles. The van der Waals surface area contributed by atoms with Crippen molar-refractivity contribution in [2.75, 3.05) is 32.0 Å². The fourth-order valence-corrected chi connectivity index (χ4v) is 6.41. The molecule has 1 aliphatic heterocycles. The topological polar surface area (TPSA) is 150 Å². The van der Waals surface area contributed by atoms with Gasteiger partial charge in [0.25, 0.3) is 11.8 Å². The van der Waals surface area contributed by atoms with Gasteiger partial charge in [0.1, 0.15) is 23.6 Å². The molecular weight excluding hydrogens is 643 g/mol. The van der Waals surface area contributed by atoms with E-state index in [0.29, 0.717) is 50.5 Å². The highest BCUT2D eigenvalue weighted by molar-refractivity contribution is 6.01. The van der Waals surface area contributed by atoms with E-state index in [0.717, 1.165) is 18.9 Å². The number of rotatable bonds is 12. The Balaban J connectivity index is 1.56. The monoisotopic (exact) mass is 691 g/mol. The molecule has 15 heteroatoms. The Bertz CT molecular complexity index is 1500. The maximum atomic E-state index is 15.7. The number of alkyl halides is 2. The lowest BCUT2D eigenvalue weighted by Crippen LogP contribution is -2.59. The molecule has 4 amide bonds. The van der Waals surface area contributed by atoms with E-state index >= 15 is 4.39 Å². The molecule has 0 unspecified atom stereocenters. The van der Waals surface area contributed by atoms with Crippen LogP contribution < -0.4 is 16.0 Å². The summed E-state index contributed by atoms with van der Waals surface area (Å²) in [7, 11) is 1.92. The van der Waals surface area contributed by atoms with Crippen LogP contribution in [0.2, 0.25) is 0 Å². The van der Waals surface area contributed by atoms with E-state index < -0.39 is 59.8 Å². The number of benzene rings is 1. The maximum absolute atomic E-state index is 15.7. The Hall–Kier alpha value is -4.01. The molecule has 12 nitrogen and oxygen atoms in total. The van der Waals surface area contributed by atoms with Crippen molar-refractivity contribution in [1.82, 2.24) is 30.7 Å². The average Bonchev–Trinajstić information content (AvgIpc) is 3.57. The number of hydrogen-bond acceptors (Lipinski definition) is 8. The molecule has 1 aliphatic carbocycles. The fraction of sp³-hybridized carbons (Fsp3) is 0.647. The third-order valence-electron chi connectivity index (χ3n) is 10.1. The molecule has 1 aromatic carbocycles. The van der Waals surface area contributed by atoms with Crippen molar-refractivity contribution >= 4 is 29.3 Å². The quantitative estimate of drug-likeness (QED) is 0.301. The number of carbonyl (C=O) groups excluding carboxylic acids is 4. The Morgan fingerprint density at radius 3 is 2.35 bits per heavy atom. The van der Waals surface area contributed by atoms with Crippen LogP contribution in [0.25, 0.3) is 0 Å². The van der Waals surface area contributed by atoms with Crippen LogP contribution >= 0.6 is 0 Å². The smallest absolute Gasteiger partial charge is 0.324 e. The molecule has 2 fully saturated rings. The summed E-state index contributed by atoms with van der Waals surface area (Å²) in [6.45, 7) is 9.81. The van der Waals surface area contributed by atoms with Crippen LogP contribution in [0.15, 0.2) is 22.8 Å². The van der Waals surface area contributed by atoms with Gasteiger partial charge in [-0.3, -0.25) is 19.2 Å². The third-order valence-corrected chi connectivity index (χ3v) is 10.1. The number of aryl methyl sites for hydroxylation is 1. The second kappa shape index (κ2) is 16.1. The predicted octanol–water partition coefficient (Wildman–Crippen LogP) is 4.13. The zero-order valence-corrected chi connectivity index (χ0v) is 29.0. The fourth-order valence-electron chi connectivity index (χ4n) is 6.41. The number of anilines is 1. The van der Waals surface area contributed by atoms with Gasteiger partial charge < -0.3 is 25.8 Å². The molecule has 1 aromatic heterocycles. The molecule has 0 bridgehead atoms. The number of nitrogens with zero attached hydrogens (tertiary/aromatic N) is 4. The molecular formula is C34H48F3N7O5. The summed E-state index contributed by atoms with van der Waals surface area (Å²) in [5, 5.41) is 15.0. The number of carbonyl (C=O) groups is 4. The van der Waals surface area contributed by atoms with Crippen molar-refractivity contribution in [3.63, 3.8) is 0 Å². The van der Waals surface area contributed by atoms with E-state index in [1.54, 1.807) is 13.8 Å². The van der Waals surface area contributed by atoms with E-state index in [-0.39, 0.29) is 28.9 Å². The minimum absolute atomic E-state index is 0.00807. The molecule has 3 N–H and O–H groups in total. The first-order valence-electron chi connectivity index (χ1n) is 17.1. The van der Waals surface area contributed by atoms with Crippen molar-refractivity contribution < 1.29 is 37.0 Å². The van der Waals surface area contributed by atoms with Gasteiger partial charge in [-0.1, -0.05) is 51.8 Å². The first-order valence-corrected chi connectivity index (χ1v) is 17.1. The van der Waals surface area contributed by atoms with Gasteiger partial charge in [0.05, 0.1) is 5.69 Å². The van der Waals surface area contributed by atoms with Crippen LogP contribution in [0.4, 0.5) is 18.9 Å². The first-order chi connectivity index (χ1) is 23.2. The van der Waals surface area contributed by atoms with Gasteiger partial charge in [-0.2, -0.15) is 8.78 Å². The molecule has 0 spiro atoms. The maximum Gasteiger partial charge on any atom is 0.324 e. The highest BCUT2D eigenvalue weighted by Gasteiger charge is 2.42. The Morgan fingerprint density at radius 1 is 1.04 bits per heavy atom. The van der Waals surface area contributed by atoms with Crippen LogP contribution in [0.1, 0.15) is 94.4 Å². The van der Waals surface area contributed by atoms with E-state index in [9.17, 15) is 28.0 Å². The zero-order valence-electron chi connectivity index (χ0n) is 29.0. The summed E-state index contributed by atoms with van der Waals surface area (Å²) in [4.78, 5) is 56.7. The Kier molecular flexibility index (Phi) is 12.4. The molecule has 4 rings (SSSR count). The summed E-state index contributed by atoms with van der Waals surface area (Å²) < 4.78 is 49.1. The Labute approximate surface area is 284 Å². The van der Waals surface area contributed by atoms with Crippen LogP contribution in [0, 0.1) is 17.7 Å². The molecule has 270 valence electrons. The largest absolute Gasteiger partial charge is 0.339 e. The molecule has 2 heterocycles. The molecule has 2 aromatic rings. The third kappa shape index (κ3) is 8.97. The van der Waals surface area contributed by atoms with Gasteiger partial charge in [0.2, 0.25) is 11.8 Å². The SMILES string of the molecule is CCc1nonc1C(=O)N[C@H](C(=O)Nc1ccc([C@H](C)[C@@H](NC(=O)C(F)(F)CC)C(=O)N2CCN(C)[C@H](C)C2)cc1F)[C@H]1CC[C@H](C)CC1. The van der Waals surface area contributed by atoms with Gasteiger partial charge in [0.15, 0.2) is 5.69 Å². The minimum atomic E-state index is -3.70. The van der Waals surface area contributed by atoms with Crippen LogP contribution in [0.3, 0.4) is 0 Å². The highest BCUT2D eigenvalue weighted by Crippen LogP contribution is 2.32. The van der Waals surface area contributed by atoms with Crippen molar-refractivity contribution in [2.45, 2.75) is 103 Å². The number of likely N-dealkylation sites (N-methyl/N-ethyl adjacent to an activating group) is 1. The van der Waals surface area contributed by atoms with E-state index in [4.69, 9.17) is 4.63 Å². The van der Waals surface area contributed by atoms with Crippen LogP contribution in [-0.4, -0.2) is 94.5 Å². The van der Waals surface area contributed by atoms with Crippen molar-refractivity contribution in [3.8, 4) is 0 Å². The lowest BCUT2D eigenvalue weighted by atomic mass is 9.79. The summed E-state index contributed by atoms with van der Waals surface area (Å²) in [5.41, 5.74) is 0.415. The number of nitrogens with one attached hydrogen (secondary N) is 3. The molecule has 1 saturated carbocycles. The zero-order chi connectivity index (χ0) is 36.0. The molecule has 2 aliphatic rings. The van der Waals surface area contributed by atoms with E-state index in [2.05, 4.69) is 38.1 Å². The first kappa shape index (κ1) is 37.8. The van der Waals surface area contributed by atoms with Crippen LogP contribution in [0.5, 0.6) is 0 Å². The second-order valence-electron chi connectivity index (χ2n) is 13.5. The number of hydrogen-bond donors (Lipinski definition) is 3. The van der Waals surface area contributed by atoms with Gasteiger partial charge >= 0.3 is 5.92 Å². The van der Waals surface area contributed by atoms with Gasteiger partial charge in [-0.25, -0.2) is 9.02 Å². The second-order valence-corrected chi connectivity index (χ2v) is 13.5. The normalized spacial score (nSPS) is 22.1. The van der Waals surface area contributed by atoms with Gasteiger partial charge in [-0.15, -0.1) is 0 Å². The minimum Gasteiger partial charge on any atom is -0.339 e. The molecule has 0 radical (unpaired) electrons. The number of aromatic nitrogens is 2. The lowest BCUT2D eigenvalue weighted by Gasteiger charge is -2.40. The molecule has 4 atom stereocenters. The predicted molar refractivity (Wildman–Crippen MR) is 175 cm³/mol. The standard InChI is InChI=1S/C34H48F3N7O5/c1-7-25-29(42-49-41-25)31(46)39-28(22-11-9-19(3)10-12-22)30(45)38-26-14-13-23(17-24(26)35)21(5)27(40-33(48)34(36,37)8-2)32(47)44-16-15-43(6)20(4)18-44/h13-14,17,19-22,27-28H,7-12,15-16,18H2,1-6H3,(H,38,45)(H,39,46)(H,40,48)/t19-,20-,21+,22-,27-,28+/m1/s1. The van der Waals surface area contributed by atoms with Gasteiger partial charge in [-0.05, 0) is 67.9 Å². The lowest BCUT2D eigenvalue weighted by molar-refractivity contribution is -0.150. The average molecular weight is 692 g/mol. The Morgan fingerprint density at radius 2 is 1.73 bits per heavy atom. The van der Waals surface area contributed by atoms with Gasteiger partial charge in [0, 0.05) is 38.0 Å². The van der Waals surface area contributed by atoms with Crippen molar-refractivity contribution in [1.29, 1.82) is 0 Å². The number of halogens is 3. The highest BCUT2D eigenvalue weighted by atomic mass is 19.3.